The average molecular weight is 243 g/mol. The molecule has 0 aliphatic rings. The summed E-state index contributed by atoms with van der Waals surface area (Å²) in [7, 11) is 2.05. The highest BCUT2D eigenvalue weighted by molar-refractivity contribution is 5.93. The van der Waals surface area contributed by atoms with Crippen molar-refractivity contribution in [3.05, 3.63) is 48.7 Å². The van der Waals surface area contributed by atoms with Crippen LogP contribution in [0.3, 0.4) is 0 Å². The molecular formula is C17H25N. The summed E-state index contributed by atoms with van der Waals surface area (Å²) in [6.07, 6.45) is 3.76. The van der Waals surface area contributed by atoms with Crippen molar-refractivity contribution in [1.29, 1.82) is 0 Å². The van der Waals surface area contributed by atoms with Crippen LogP contribution in [-0.2, 0) is 7.05 Å². The number of hydrogen-bond acceptors (Lipinski definition) is 0. The molecule has 1 heteroatoms. The van der Waals surface area contributed by atoms with Gasteiger partial charge in [0.25, 0.3) is 0 Å². The lowest BCUT2D eigenvalue weighted by atomic mass is 10.1. The second-order valence-corrected chi connectivity index (χ2v) is 3.28. The Bertz CT molecular complexity index is 504. The maximum atomic E-state index is 3.84. The summed E-state index contributed by atoms with van der Waals surface area (Å²) >= 11 is 0. The van der Waals surface area contributed by atoms with E-state index < -0.39 is 0 Å². The van der Waals surface area contributed by atoms with Gasteiger partial charge in [0.2, 0.25) is 0 Å². The monoisotopic (exact) mass is 243 g/mol. The number of benzene rings is 1. The predicted molar refractivity (Wildman–Crippen MR) is 85.8 cm³/mol. The second kappa shape index (κ2) is 8.35. The van der Waals surface area contributed by atoms with Gasteiger partial charge in [-0.2, -0.15) is 0 Å². The van der Waals surface area contributed by atoms with Gasteiger partial charge in [-0.05, 0) is 12.1 Å². The Balaban J connectivity index is 0.000000659. The van der Waals surface area contributed by atoms with E-state index in [1.54, 1.807) is 0 Å². The molecule has 1 aromatic heterocycles. The van der Waals surface area contributed by atoms with Crippen molar-refractivity contribution in [3.63, 3.8) is 0 Å². The van der Waals surface area contributed by atoms with Crippen LogP contribution in [0.5, 0.6) is 0 Å². The van der Waals surface area contributed by atoms with Crippen molar-refractivity contribution in [2.75, 3.05) is 0 Å². The van der Waals surface area contributed by atoms with Crippen molar-refractivity contribution >= 4 is 23.1 Å². The van der Waals surface area contributed by atoms with Crippen LogP contribution in [0, 0.1) is 0 Å². The molecule has 0 saturated carbocycles. The first-order valence-corrected chi connectivity index (χ1v) is 6.62. The summed E-state index contributed by atoms with van der Waals surface area (Å²) in [4.78, 5) is 0. The number of hydrogen-bond donors (Lipinski definition) is 0. The lowest BCUT2D eigenvalue weighted by Crippen LogP contribution is -1.89. The highest BCUT2D eigenvalue weighted by atomic mass is 14.9. The van der Waals surface area contributed by atoms with E-state index in [1.165, 1.54) is 10.9 Å². The van der Waals surface area contributed by atoms with E-state index in [2.05, 4.69) is 29.9 Å². The number of aryl methyl sites for hydroxylation is 1. The molecule has 2 aromatic rings. The van der Waals surface area contributed by atoms with Crippen LogP contribution in [0.1, 0.15) is 39.0 Å². The topological polar surface area (TPSA) is 4.93 Å². The van der Waals surface area contributed by atoms with Crippen molar-refractivity contribution < 1.29 is 0 Å². The number of rotatable bonds is 2. The second-order valence-electron chi connectivity index (χ2n) is 3.28. The van der Waals surface area contributed by atoms with Gasteiger partial charge in [0.15, 0.2) is 0 Å². The Morgan fingerprint density at radius 1 is 0.944 bits per heavy atom. The molecule has 1 aromatic carbocycles. The van der Waals surface area contributed by atoms with Gasteiger partial charge in [-0.1, -0.05) is 65.1 Å². The molecule has 2 rings (SSSR count). The summed E-state index contributed by atoms with van der Waals surface area (Å²) in [6.45, 7) is 15.7. The minimum atomic E-state index is 1.13. The smallest absolute Gasteiger partial charge is 0.0488 e. The van der Waals surface area contributed by atoms with Crippen LogP contribution >= 0.6 is 0 Å². The Hall–Kier alpha value is -1.76. The van der Waals surface area contributed by atoms with Crippen LogP contribution in [0.15, 0.2) is 37.4 Å². The van der Waals surface area contributed by atoms with Crippen molar-refractivity contribution in [2.24, 2.45) is 7.05 Å². The van der Waals surface area contributed by atoms with Crippen LogP contribution in [0.4, 0.5) is 0 Å². The maximum absolute atomic E-state index is 3.84. The molecule has 1 nitrogen and oxygen atoms in total. The molecule has 0 amide bonds. The minimum absolute atomic E-state index is 1.13. The largest absolute Gasteiger partial charge is 0.344 e. The van der Waals surface area contributed by atoms with E-state index in [0.29, 0.717) is 0 Å². The Morgan fingerprint density at radius 3 is 2.00 bits per heavy atom. The predicted octanol–water partition coefficient (Wildman–Crippen LogP) is 5.52. The fraction of sp³-hybridized carbons (Fsp3) is 0.294. The third kappa shape index (κ3) is 2.92. The zero-order valence-corrected chi connectivity index (χ0v) is 12.3. The third-order valence-corrected chi connectivity index (χ3v) is 2.59. The van der Waals surface area contributed by atoms with Gasteiger partial charge in [-0.15, -0.1) is 0 Å². The standard InChI is InChI=1S/C13H13N.2C2H6/c1-4-10-11-8-6-7-9-13(11)14(3)12(10)5-2;2*1-2/h4-9H,1-2H2,3H3;2*1-2H3. The fourth-order valence-corrected chi connectivity index (χ4v) is 1.90. The quantitative estimate of drug-likeness (QED) is 0.654. The lowest BCUT2D eigenvalue weighted by molar-refractivity contribution is 0.953. The van der Waals surface area contributed by atoms with E-state index in [4.69, 9.17) is 0 Å². The van der Waals surface area contributed by atoms with Gasteiger partial charge in [-0.25, -0.2) is 0 Å². The molecule has 18 heavy (non-hydrogen) atoms. The molecule has 0 N–H and O–H groups in total. The van der Waals surface area contributed by atoms with E-state index in [0.717, 1.165) is 11.3 Å². The first kappa shape index (κ1) is 16.2. The van der Waals surface area contributed by atoms with Gasteiger partial charge < -0.3 is 4.57 Å². The zero-order chi connectivity index (χ0) is 14.1. The molecule has 0 unspecified atom stereocenters. The molecule has 0 spiro atoms. The third-order valence-electron chi connectivity index (χ3n) is 2.59. The summed E-state index contributed by atoms with van der Waals surface area (Å²) in [5.41, 5.74) is 3.51. The highest BCUT2D eigenvalue weighted by Gasteiger charge is 2.08. The van der Waals surface area contributed by atoms with E-state index in [1.807, 2.05) is 59.0 Å². The summed E-state index contributed by atoms with van der Waals surface area (Å²) in [6, 6.07) is 8.30. The van der Waals surface area contributed by atoms with Crippen LogP contribution < -0.4 is 0 Å². The highest BCUT2D eigenvalue weighted by Crippen LogP contribution is 2.26. The summed E-state index contributed by atoms with van der Waals surface area (Å²) < 4.78 is 2.14. The van der Waals surface area contributed by atoms with E-state index >= 15 is 0 Å². The van der Waals surface area contributed by atoms with E-state index in [-0.39, 0.29) is 0 Å². The molecule has 0 atom stereocenters. The number of nitrogens with zero attached hydrogens (tertiary/aromatic N) is 1. The number of aromatic nitrogens is 1. The summed E-state index contributed by atoms with van der Waals surface area (Å²) in [5, 5.41) is 1.24. The zero-order valence-electron chi connectivity index (χ0n) is 12.3. The van der Waals surface area contributed by atoms with Crippen LogP contribution in [0.25, 0.3) is 23.1 Å². The van der Waals surface area contributed by atoms with Gasteiger partial charge in [0, 0.05) is 29.2 Å². The lowest BCUT2D eigenvalue weighted by Gasteiger charge is -1.98. The normalized spacial score (nSPS) is 8.72. The SMILES string of the molecule is C=Cc1c(C=C)n(C)c2ccccc12.CC.CC. The Labute approximate surface area is 111 Å². The molecule has 0 bridgehead atoms. The molecule has 0 radical (unpaired) electrons. The van der Waals surface area contributed by atoms with E-state index in [9.17, 15) is 0 Å². The Kier molecular flexibility index (Phi) is 7.53. The van der Waals surface area contributed by atoms with Gasteiger partial charge >= 0.3 is 0 Å². The van der Waals surface area contributed by atoms with Crippen molar-refractivity contribution in [2.45, 2.75) is 27.7 Å². The first-order valence-electron chi connectivity index (χ1n) is 6.62. The van der Waals surface area contributed by atoms with Crippen molar-refractivity contribution in [1.82, 2.24) is 4.57 Å². The van der Waals surface area contributed by atoms with Gasteiger partial charge in [0.1, 0.15) is 0 Å². The molecule has 0 aliphatic carbocycles. The average Bonchev–Trinajstić information content (AvgIpc) is 2.75. The molecule has 98 valence electrons. The summed E-state index contributed by atoms with van der Waals surface area (Å²) in [5.74, 6) is 0. The molecule has 1 heterocycles. The van der Waals surface area contributed by atoms with Crippen molar-refractivity contribution in [3.8, 4) is 0 Å². The first-order chi connectivity index (χ1) is 8.79. The van der Waals surface area contributed by atoms with Gasteiger partial charge in [0.05, 0.1) is 0 Å². The fourth-order valence-electron chi connectivity index (χ4n) is 1.90. The van der Waals surface area contributed by atoms with Crippen LogP contribution in [0.2, 0.25) is 0 Å². The molecular weight excluding hydrogens is 218 g/mol. The molecule has 0 aliphatic heterocycles. The van der Waals surface area contributed by atoms with Gasteiger partial charge in [-0.3, -0.25) is 0 Å². The minimum Gasteiger partial charge on any atom is -0.344 e. The number of para-hydroxylation sites is 1. The number of fused-ring (bicyclic) bond motifs is 1. The maximum Gasteiger partial charge on any atom is 0.0488 e. The molecule has 0 saturated heterocycles. The Morgan fingerprint density at radius 2 is 1.50 bits per heavy atom. The van der Waals surface area contributed by atoms with Crippen LogP contribution in [-0.4, -0.2) is 4.57 Å². The molecule has 0 fully saturated rings.